The summed E-state index contributed by atoms with van der Waals surface area (Å²) in [5.74, 6) is 1.57. The molecule has 0 unspecified atom stereocenters. The fraction of sp³-hybridized carbons (Fsp3) is 0.231. The third-order valence-electron chi connectivity index (χ3n) is 2.80. The summed E-state index contributed by atoms with van der Waals surface area (Å²) < 4.78 is 1.87. The Bertz CT molecular complexity index is 639. The second-order valence-electron chi connectivity index (χ2n) is 4.26. The van der Waals surface area contributed by atoms with E-state index in [0.29, 0.717) is 5.82 Å². The van der Waals surface area contributed by atoms with Crippen LogP contribution in [0, 0.1) is 0 Å². The minimum Gasteiger partial charge on any atom is -0.382 e. The van der Waals surface area contributed by atoms with E-state index in [4.69, 9.17) is 5.73 Å². The lowest BCUT2D eigenvalue weighted by molar-refractivity contribution is 0.608. The van der Waals surface area contributed by atoms with Gasteiger partial charge in [0.1, 0.15) is 5.82 Å². The molecule has 0 saturated carbocycles. The molecule has 1 aromatic carbocycles. The lowest BCUT2D eigenvalue weighted by atomic mass is 10.3. The second-order valence-corrected chi connectivity index (χ2v) is 5.35. The predicted octanol–water partition coefficient (Wildman–Crippen LogP) is 2.52. The van der Waals surface area contributed by atoms with E-state index >= 15 is 0 Å². The molecule has 5 nitrogen and oxygen atoms in total. The summed E-state index contributed by atoms with van der Waals surface area (Å²) >= 11 is 1.73. The Labute approximate surface area is 115 Å². The quantitative estimate of drug-likeness (QED) is 0.553. The highest BCUT2D eigenvalue weighted by Gasteiger charge is 2.02. The molecule has 0 atom stereocenters. The molecule has 3 aromatic rings. The summed E-state index contributed by atoms with van der Waals surface area (Å²) in [7, 11) is 0. The maximum absolute atomic E-state index is 5.56. The molecule has 6 heteroatoms. The zero-order valence-electron chi connectivity index (χ0n) is 10.4. The van der Waals surface area contributed by atoms with Gasteiger partial charge in [0.25, 0.3) is 0 Å². The van der Waals surface area contributed by atoms with Gasteiger partial charge < -0.3 is 10.7 Å². The minimum atomic E-state index is 0.574. The van der Waals surface area contributed by atoms with Crippen LogP contribution in [0.4, 0.5) is 5.82 Å². The number of hydrogen-bond donors (Lipinski definition) is 2. The van der Waals surface area contributed by atoms with Crippen molar-refractivity contribution in [2.24, 2.45) is 0 Å². The molecule has 0 fully saturated rings. The molecule has 19 heavy (non-hydrogen) atoms. The van der Waals surface area contributed by atoms with Gasteiger partial charge in [0.15, 0.2) is 5.16 Å². The number of para-hydroxylation sites is 2. The van der Waals surface area contributed by atoms with Crippen LogP contribution in [-0.2, 0) is 6.54 Å². The Kier molecular flexibility index (Phi) is 3.41. The summed E-state index contributed by atoms with van der Waals surface area (Å²) in [5.41, 5.74) is 7.67. The van der Waals surface area contributed by atoms with E-state index in [-0.39, 0.29) is 0 Å². The number of nitrogens with zero attached hydrogens (tertiary/aromatic N) is 3. The first-order valence-electron chi connectivity index (χ1n) is 6.18. The molecular formula is C13H15N5S. The molecule has 0 aliphatic heterocycles. The van der Waals surface area contributed by atoms with Crippen LogP contribution in [0.15, 0.2) is 41.7 Å². The number of thioether (sulfide) groups is 1. The minimum absolute atomic E-state index is 0.574. The number of benzene rings is 1. The number of nitrogen functional groups attached to an aromatic ring is 1. The van der Waals surface area contributed by atoms with Crippen LogP contribution in [0.25, 0.3) is 11.0 Å². The molecule has 0 saturated heterocycles. The van der Waals surface area contributed by atoms with E-state index in [1.165, 1.54) is 0 Å². The Morgan fingerprint density at radius 3 is 2.95 bits per heavy atom. The third kappa shape index (κ3) is 2.90. The zero-order chi connectivity index (χ0) is 13.1. The number of H-pyrrole nitrogens is 1. The summed E-state index contributed by atoms with van der Waals surface area (Å²) in [4.78, 5) is 7.83. The van der Waals surface area contributed by atoms with Gasteiger partial charge in [0.05, 0.1) is 11.0 Å². The van der Waals surface area contributed by atoms with Crippen LogP contribution >= 0.6 is 11.8 Å². The van der Waals surface area contributed by atoms with Crippen molar-refractivity contribution < 1.29 is 0 Å². The summed E-state index contributed by atoms with van der Waals surface area (Å²) in [6, 6.07) is 9.88. The molecule has 0 spiro atoms. The Balaban J connectivity index is 1.52. The predicted molar refractivity (Wildman–Crippen MR) is 78.1 cm³/mol. The average molecular weight is 273 g/mol. The van der Waals surface area contributed by atoms with Gasteiger partial charge in [-0.3, -0.25) is 4.68 Å². The number of aryl methyl sites for hydroxylation is 1. The van der Waals surface area contributed by atoms with Gasteiger partial charge in [-0.2, -0.15) is 5.10 Å². The summed E-state index contributed by atoms with van der Waals surface area (Å²) in [5, 5.41) is 5.13. The fourth-order valence-corrected chi connectivity index (χ4v) is 2.71. The van der Waals surface area contributed by atoms with Crippen LogP contribution in [0.2, 0.25) is 0 Å². The molecule has 0 bridgehead atoms. The summed E-state index contributed by atoms with van der Waals surface area (Å²) in [6.07, 6.45) is 2.93. The zero-order valence-corrected chi connectivity index (χ0v) is 11.2. The first-order valence-corrected chi connectivity index (χ1v) is 7.16. The number of rotatable bonds is 5. The summed E-state index contributed by atoms with van der Waals surface area (Å²) in [6.45, 7) is 0.879. The molecule has 2 aromatic heterocycles. The number of aromatic nitrogens is 4. The van der Waals surface area contributed by atoms with Crippen LogP contribution in [0.5, 0.6) is 0 Å². The average Bonchev–Trinajstić information content (AvgIpc) is 3.00. The van der Waals surface area contributed by atoms with E-state index in [2.05, 4.69) is 15.1 Å². The van der Waals surface area contributed by atoms with Gasteiger partial charge in [-0.1, -0.05) is 23.9 Å². The van der Waals surface area contributed by atoms with Crippen molar-refractivity contribution in [1.82, 2.24) is 19.7 Å². The Morgan fingerprint density at radius 2 is 2.16 bits per heavy atom. The van der Waals surface area contributed by atoms with Gasteiger partial charge in [-0.25, -0.2) is 4.98 Å². The number of hydrogen-bond acceptors (Lipinski definition) is 4. The standard InChI is InChI=1S/C13H15N5S/c14-12-6-8-18(17-12)7-3-9-19-13-15-10-4-1-2-5-11(10)16-13/h1-2,4-6,8H,3,7,9H2,(H2,14,17)(H,15,16). The maximum atomic E-state index is 5.56. The molecule has 3 N–H and O–H groups in total. The number of aromatic amines is 1. The van der Waals surface area contributed by atoms with Gasteiger partial charge in [-0.05, 0) is 24.6 Å². The number of nitrogens with two attached hydrogens (primary N) is 1. The fourth-order valence-electron chi connectivity index (χ4n) is 1.90. The van der Waals surface area contributed by atoms with Crippen molar-refractivity contribution >= 4 is 28.6 Å². The van der Waals surface area contributed by atoms with Crippen molar-refractivity contribution in [3.05, 3.63) is 36.5 Å². The molecule has 0 amide bonds. The number of fused-ring (bicyclic) bond motifs is 1. The van der Waals surface area contributed by atoms with E-state index in [1.54, 1.807) is 11.8 Å². The van der Waals surface area contributed by atoms with Gasteiger partial charge in [-0.15, -0.1) is 0 Å². The first-order chi connectivity index (χ1) is 9.31. The van der Waals surface area contributed by atoms with E-state index in [0.717, 1.165) is 34.9 Å². The second kappa shape index (κ2) is 5.36. The van der Waals surface area contributed by atoms with Crippen LogP contribution in [0.3, 0.4) is 0 Å². The normalized spacial score (nSPS) is 11.2. The van der Waals surface area contributed by atoms with Crippen LogP contribution in [0.1, 0.15) is 6.42 Å². The molecule has 98 valence electrons. The Morgan fingerprint density at radius 1 is 1.26 bits per heavy atom. The molecule has 0 aliphatic rings. The SMILES string of the molecule is Nc1ccn(CCCSc2nc3ccccc3[nH]2)n1. The van der Waals surface area contributed by atoms with Crippen molar-refractivity contribution in [2.45, 2.75) is 18.1 Å². The highest BCUT2D eigenvalue weighted by atomic mass is 32.2. The van der Waals surface area contributed by atoms with E-state index in [1.807, 2.05) is 41.2 Å². The highest BCUT2D eigenvalue weighted by Crippen LogP contribution is 2.19. The highest BCUT2D eigenvalue weighted by molar-refractivity contribution is 7.99. The first kappa shape index (κ1) is 12.1. The van der Waals surface area contributed by atoms with Crippen molar-refractivity contribution in [2.75, 3.05) is 11.5 Å². The van der Waals surface area contributed by atoms with Crippen molar-refractivity contribution in [3.63, 3.8) is 0 Å². The Hall–Kier alpha value is -1.95. The lowest BCUT2D eigenvalue weighted by Gasteiger charge is -2.00. The molecule has 0 aliphatic carbocycles. The van der Waals surface area contributed by atoms with Gasteiger partial charge in [0.2, 0.25) is 0 Å². The smallest absolute Gasteiger partial charge is 0.166 e. The topological polar surface area (TPSA) is 72.5 Å². The molecule has 3 rings (SSSR count). The van der Waals surface area contributed by atoms with Crippen molar-refractivity contribution in [1.29, 1.82) is 0 Å². The van der Waals surface area contributed by atoms with Gasteiger partial charge >= 0.3 is 0 Å². The van der Waals surface area contributed by atoms with Gasteiger partial charge in [0, 0.05) is 18.5 Å². The van der Waals surface area contributed by atoms with Crippen LogP contribution in [-0.4, -0.2) is 25.5 Å². The molecule has 2 heterocycles. The van der Waals surface area contributed by atoms with E-state index < -0.39 is 0 Å². The molecule has 0 radical (unpaired) electrons. The largest absolute Gasteiger partial charge is 0.382 e. The maximum Gasteiger partial charge on any atom is 0.166 e. The number of anilines is 1. The van der Waals surface area contributed by atoms with Crippen molar-refractivity contribution in [3.8, 4) is 0 Å². The van der Waals surface area contributed by atoms with Crippen LogP contribution < -0.4 is 5.73 Å². The number of nitrogens with one attached hydrogen (secondary N) is 1. The number of imidazole rings is 1. The molecular weight excluding hydrogens is 258 g/mol. The third-order valence-corrected chi connectivity index (χ3v) is 3.76. The van der Waals surface area contributed by atoms with E-state index in [9.17, 15) is 0 Å². The monoisotopic (exact) mass is 273 g/mol. The lowest BCUT2D eigenvalue weighted by Crippen LogP contribution is -2.00.